The fourth-order valence-corrected chi connectivity index (χ4v) is 2.83. The lowest BCUT2D eigenvalue weighted by Gasteiger charge is -2.11. The summed E-state index contributed by atoms with van der Waals surface area (Å²) in [6, 6.07) is 5.42. The number of ether oxygens (including phenoxy) is 1. The van der Waals surface area contributed by atoms with Crippen LogP contribution in [0.5, 0.6) is 5.75 Å². The average molecular weight is 291 g/mol. The highest BCUT2D eigenvalue weighted by Gasteiger charge is 2.65. The molecule has 5 heteroatoms. The third kappa shape index (κ3) is 2.86. The second kappa shape index (κ2) is 5.39. The van der Waals surface area contributed by atoms with Crippen molar-refractivity contribution in [1.82, 2.24) is 0 Å². The second-order valence-electron chi connectivity index (χ2n) is 6.01. The Labute approximate surface area is 124 Å². The molecule has 2 rings (SSSR count). The molecule has 21 heavy (non-hydrogen) atoms. The van der Waals surface area contributed by atoms with Crippen molar-refractivity contribution in [3.8, 4) is 5.75 Å². The van der Waals surface area contributed by atoms with Gasteiger partial charge < -0.3 is 15.2 Å². The number of aliphatic carboxylic acids is 1. The molecule has 1 aromatic rings. The van der Waals surface area contributed by atoms with Gasteiger partial charge in [0.05, 0.1) is 18.4 Å². The number of benzene rings is 1. The SMILES string of the molecule is CCOc1ccc(NC(=O)[C@H]2[C@@H](C(=O)O)C2(C)C)c(C)c1. The second-order valence-corrected chi connectivity index (χ2v) is 6.01. The van der Waals surface area contributed by atoms with Crippen molar-refractivity contribution in [2.75, 3.05) is 11.9 Å². The highest BCUT2D eigenvalue weighted by atomic mass is 16.5. The molecule has 1 saturated carbocycles. The molecule has 2 atom stereocenters. The minimum absolute atomic E-state index is 0.236. The van der Waals surface area contributed by atoms with E-state index in [0.717, 1.165) is 11.3 Å². The molecule has 0 heterocycles. The monoisotopic (exact) mass is 291 g/mol. The third-order valence-electron chi connectivity index (χ3n) is 4.14. The fraction of sp³-hybridized carbons (Fsp3) is 0.500. The maximum Gasteiger partial charge on any atom is 0.307 e. The topological polar surface area (TPSA) is 75.6 Å². The molecule has 5 nitrogen and oxygen atoms in total. The zero-order chi connectivity index (χ0) is 15.8. The summed E-state index contributed by atoms with van der Waals surface area (Å²) in [5.74, 6) is -1.49. The number of carbonyl (C=O) groups is 2. The number of hydrogen-bond acceptors (Lipinski definition) is 3. The van der Waals surface area contributed by atoms with Crippen LogP contribution in [0.2, 0.25) is 0 Å². The van der Waals surface area contributed by atoms with E-state index in [1.54, 1.807) is 26.0 Å². The maximum absolute atomic E-state index is 12.3. The lowest BCUT2D eigenvalue weighted by molar-refractivity contribution is -0.140. The van der Waals surface area contributed by atoms with E-state index >= 15 is 0 Å². The van der Waals surface area contributed by atoms with Crippen molar-refractivity contribution < 1.29 is 19.4 Å². The lowest BCUT2D eigenvalue weighted by atomic mass is 10.1. The van der Waals surface area contributed by atoms with Gasteiger partial charge in [-0.15, -0.1) is 0 Å². The predicted molar refractivity (Wildman–Crippen MR) is 79.4 cm³/mol. The van der Waals surface area contributed by atoms with E-state index in [1.807, 2.05) is 19.9 Å². The standard InChI is InChI=1S/C16H21NO4/c1-5-21-10-6-7-11(9(2)8-10)17-14(18)12-13(15(19)20)16(12,3)4/h6-8,12-13H,5H2,1-4H3,(H,17,18)(H,19,20)/t12-,13+/m1/s1. The molecule has 0 radical (unpaired) electrons. The Morgan fingerprint density at radius 2 is 2.00 bits per heavy atom. The molecule has 0 spiro atoms. The van der Waals surface area contributed by atoms with Crippen LogP contribution in [0.25, 0.3) is 0 Å². The number of carbonyl (C=O) groups excluding carboxylic acids is 1. The van der Waals surface area contributed by atoms with Crippen LogP contribution in [-0.2, 0) is 9.59 Å². The van der Waals surface area contributed by atoms with Crippen molar-refractivity contribution in [3.05, 3.63) is 23.8 Å². The van der Waals surface area contributed by atoms with Crippen LogP contribution < -0.4 is 10.1 Å². The van der Waals surface area contributed by atoms with Gasteiger partial charge in [-0.2, -0.15) is 0 Å². The Balaban J connectivity index is 2.09. The van der Waals surface area contributed by atoms with Crippen LogP contribution in [-0.4, -0.2) is 23.6 Å². The van der Waals surface area contributed by atoms with E-state index in [-0.39, 0.29) is 5.91 Å². The molecule has 1 fully saturated rings. The van der Waals surface area contributed by atoms with Gasteiger partial charge in [-0.25, -0.2) is 0 Å². The fourth-order valence-electron chi connectivity index (χ4n) is 2.83. The molecule has 2 N–H and O–H groups in total. The first kappa shape index (κ1) is 15.4. The molecule has 0 bridgehead atoms. The van der Waals surface area contributed by atoms with Crippen molar-refractivity contribution in [2.24, 2.45) is 17.3 Å². The lowest BCUT2D eigenvalue weighted by Crippen LogP contribution is -2.18. The van der Waals surface area contributed by atoms with Crippen molar-refractivity contribution in [3.63, 3.8) is 0 Å². The Morgan fingerprint density at radius 3 is 2.48 bits per heavy atom. The zero-order valence-electron chi connectivity index (χ0n) is 12.8. The highest BCUT2D eigenvalue weighted by Crippen LogP contribution is 2.58. The number of aryl methyl sites for hydroxylation is 1. The normalized spacial score (nSPS) is 22.5. The van der Waals surface area contributed by atoms with Crippen molar-refractivity contribution >= 4 is 17.6 Å². The van der Waals surface area contributed by atoms with Gasteiger partial charge in [0.15, 0.2) is 0 Å². The molecule has 0 unspecified atom stereocenters. The molecule has 0 aliphatic heterocycles. The van der Waals surface area contributed by atoms with E-state index in [9.17, 15) is 9.59 Å². The van der Waals surface area contributed by atoms with Gasteiger partial charge in [0.25, 0.3) is 0 Å². The largest absolute Gasteiger partial charge is 0.494 e. The van der Waals surface area contributed by atoms with Crippen LogP contribution in [0.3, 0.4) is 0 Å². The Kier molecular flexibility index (Phi) is 3.94. The molecule has 1 aliphatic rings. The number of nitrogens with one attached hydrogen (secondary N) is 1. The van der Waals surface area contributed by atoms with E-state index in [1.165, 1.54) is 0 Å². The molecular weight excluding hydrogens is 270 g/mol. The molecule has 1 aromatic carbocycles. The van der Waals surface area contributed by atoms with Crippen LogP contribution >= 0.6 is 0 Å². The number of hydrogen-bond donors (Lipinski definition) is 2. The van der Waals surface area contributed by atoms with Crippen LogP contribution in [0, 0.1) is 24.2 Å². The number of amides is 1. The van der Waals surface area contributed by atoms with Gasteiger partial charge in [-0.1, -0.05) is 13.8 Å². The summed E-state index contributed by atoms with van der Waals surface area (Å²) in [7, 11) is 0. The Hall–Kier alpha value is -2.04. The number of carboxylic acid groups (broad SMARTS) is 1. The van der Waals surface area contributed by atoms with Gasteiger partial charge in [-0.05, 0) is 43.0 Å². The van der Waals surface area contributed by atoms with Gasteiger partial charge in [0, 0.05) is 5.69 Å². The molecule has 1 aliphatic carbocycles. The summed E-state index contributed by atoms with van der Waals surface area (Å²) in [5, 5.41) is 12.0. The summed E-state index contributed by atoms with van der Waals surface area (Å²) in [6.07, 6.45) is 0. The Morgan fingerprint density at radius 1 is 1.33 bits per heavy atom. The van der Waals surface area contributed by atoms with Gasteiger partial charge in [0.1, 0.15) is 5.75 Å². The molecule has 0 aromatic heterocycles. The van der Waals surface area contributed by atoms with Crippen molar-refractivity contribution in [1.29, 1.82) is 0 Å². The zero-order valence-corrected chi connectivity index (χ0v) is 12.8. The van der Waals surface area contributed by atoms with E-state index in [2.05, 4.69) is 5.32 Å². The molecular formula is C16H21NO4. The van der Waals surface area contributed by atoms with E-state index in [0.29, 0.717) is 12.3 Å². The van der Waals surface area contributed by atoms with Crippen LogP contribution in [0.4, 0.5) is 5.69 Å². The third-order valence-corrected chi connectivity index (χ3v) is 4.14. The Bertz CT molecular complexity index is 580. The van der Waals surface area contributed by atoms with Gasteiger partial charge in [-0.3, -0.25) is 9.59 Å². The summed E-state index contributed by atoms with van der Waals surface area (Å²) >= 11 is 0. The smallest absolute Gasteiger partial charge is 0.307 e. The summed E-state index contributed by atoms with van der Waals surface area (Å²) in [6.45, 7) is 7.99. The van der Waals surface area contributed by atoms with Gasteiger partial charge in [0.2, 0.25) is 5.91 Å². The quantitative estimate of drug-likeness (QED) is 0.874. The van der Waals surface area contributed by atoms with Crippen LogP contribution in [0.15, 0.2) is 18.2 Å². The average Bonchev–Trinajstić information content (AvgIpc) is 2.96. The minimum atomic E-state index is -0.913. The summed E-state index contributed by atoms with van der Waals surface area (Å²) < 4.78 is 5.40. The first-order valence-electron chi connectivity index (χ1n) is 7.06. The van der Waals surface area contributed by atoms with Crippen LogP contribution in [0.1, 0.15) is 26.3 Å². The molecule has 0 saturated heterocycles. The molecule has 114 valence electrons. The first-order valence-corrected chi connectivity index (χ1v) is 7.06. The van der Waals surface area contributed by atoms with Crippen molar-refractivity contribution in [2.45, 2.75) is 27.7 Å². The minimum Gasteiger partial charge on any atom is -0.494 e. The molecule has 1 amide bonds. The maximum atomic E-state index is 12.3. The summed E-state index contributed by atoms with van der Waals surface area (Å²) in [4.78, 5) is 23.4. The summed E-state index contributed by atoms with van der Waals surface area (Å²) in [5.41, 5.74) is 1.09. The highest BCUT2D eigenvalue weighted by molar-refractivity contribution is 6.00. The van der Waals surface area contributed by atoms with E-state index in [4.69, 9.17) is 9.84 Å². The first-order chi connectivity index (χ1) is 9.78. The van der Waals surface area contributed by atoms with Gasteiger partial charge >= 0.3 is 5.97 Å². The number of anilines is 1. The number of rotatable bonds is 5. The number of carboxylic acids is 1. The predicted octanol–water partition coefficient (Wildman–Crippen LogP) is 2.69. The van der Waals surface area contributed by atoms with E-state index < -0.39 is 23.2 Å².